The van der Waals surface area contributed by atoms with E-state index in [2.05, 4.69) is 37.7 Å². The Morgan fingerprint density at radius 1 is 0.921 bits per heavy atom. The predicted octanol–water partition coefficient (Wildman–Crippen LogP) is 3.10. The molecule has 0 bridgehead atoms. The average molecular weight is 505 g/mol. The van der Waals surface area contributed by atoms with Crippen LogP contribution < -0.4 is 16.2 Å². The molecule has 0 radical (unpaired) electrons. The first-order valence-electron chi connectivity index (χ1n) is 12.6. The third-order valence-corrected chi connectivity index (χ3v) is 7.83. The fourth-order valence-corrected chi connectivity index (χ4v) is 5.92. The second-order valence-electron chi connectivity index (χ2n) is 10.1. The van der Waals surface area contributed by atoms with Gasteiger partial charge in [-0.15, -0.1) is 0 Å². The van der Waals surface area contributed by atoms with E-state index in [1.165, 1.54) is 6.07 Å². The summed E-state index contributed by atoms with van der Waals surface area (Å²) in [5.74, 6) is 0.505. The van der Waals surface area contributed by atoms with E-state index in [0.717, 1.165) is 39.3 Å². The molecule has 5 heterocycles. The zero-order valence-electron chi connectivity index (χ0n) is 20.5. The van der Waals surface area contributed by atoms with Gasteiger partial charge >= 0.3 is 0 Å². The number of aromatic nitrogens is 3. The van der Waals surface area contributed by atoms with Gasteiger partial charge in [0.1, 0.15) is 11.5 Å². The molecule has 3 aromatic heterocycles. The van der Waals surface area contributed by atoms with E-state index in [1.807, 2.05) is 24.3 Å². The summed E-state index contributed by atoms with van der Waals surface area (Å²) in [5, 5.41) is 6.35. The van der Waals surface area contributed by atoms with Crippen molar-refractivity contribution in [3.63, 3.8) is 0 Å². The van der Waals surface area contributed by atoms with Gasteiger partial charge in [-0.05, 0) is 59.9 Å². The minimum Gasteiger partial charge on any atom is -0.355 e. The van der Waals surface area contributed by atoms with Gasteiger partial charge in [-0.25, -0.2) is 4.98 Å². The first-order chi connectivity index (χ1) is 18.5. The molecule has 3 aliphatic rings. The minimum absolute atomic E-state index is 0.000826. The Hall–Kier alpha value is -4.79. The van der Waals surface area contributed by atoms with Gasteiger partial charge in [0, 0.05) is 60.6 Å². The minimum atomic E-state index is -0.610. The highest BCUT2D eigenvalue weighted by Gasteiger charge is 2.51. The van der Waals surface area contributed by atoms with Crippen LogP contribution >= 0.6 is 0 Å². The summed E-state index contributed by atoms with van der Waals surface area (Å²) in [4.78, 5) is 51.1. The molecule has 1 unspecified atom stereocenters. The van der Waals surface area contributed by atoms with Gasteiger partial charge in [-0.1, -0.05) is 18.2 Å². The van der Waals surface area contributed by atoms with E-state index in [-0.39, 0.29) is 17.4 Å². The molecule has 38 heavy (non-hydrogen) atoms. The molecule has 2 amide bonds. The van der Waals surface area contributed by atoms with Crippen molar-refractivity contribution in [3.8, 4) is 0 Å². The maximum atomic E-state index is 13.2. The van der Waals surface area contributed by atoms with Crippen molar-refractivity contribution in [3.05, 3.63) is 111 Å². The normalized spacial score (nSPS) is 19.1. The van der Waals surface area contributed by atoms with Crippen molar-refractivity contribution >= 4 is 29.0 Å². The van der Waals surface area contributed by atoms with Crippen molar-refractivity contribution in [2.24, 2.45) is 0 Å². The lowest BCUT2D eigenvalue weighted by molar-refractivity contribution is -0.120. The smallest absolute Gasteiger partial charge is 0.272 e. The molecule has 1 spiro atoms. The Morgan fingerprint density at radius 3 is 2.68 bits per heavy atom. The highest BCUT2D eigenvalue weighted by atomic mass is 16.2. The molecule has 7 rings (SSSR count). The number of hydrogen-bond donors (Lipinski definition) is 3. The lowest BCUT2D eigenvalue weighted by Gasteiger charge is -2.28. The van der Waals surface area contributed by atoms with Crippen LogP contribution in [0.5, 0.6) is 0 Å². The zero-order valence-corrected chi connectivity index (χ0v) is 20.5. The van der Waals surface area contributed by atoms with Crippen molar-refractivity contribution < 1.29 is 9.59 Å². The van der Waals surface area contributed by atoms with Gasteiger partial charge in [0.25, 0.3) is 5.91 Å². The SMILES string of the molecule is O=C(c1cc(Nc2ccc3c(c2)CC2(C3)C(=O)Nc3ncccc32)ccn1)N1CCc2[nH]c(=O)ccc2C1. The lowest BCUT2D eigenvalue weighted by Crippen LogP contribution is -2.37. The van der Waals surface area contributed by atoms with Crippen LogP contribution in [-0.4, -0.2) is 38.2 Å². The number of nitrogens with one attached hydrogen (secondary N) is 3. The third kappa shape index (κ3) is 3.58. The van der Waals surface area contributed by atoms with Gasteiger partial charge in [0.15, 0.2) is 0 Å². The monoisotopic (exact) mass is 504 g/mol. The van der Waals surface area contributed by atoms with Crippen LogP contribution in [0.4, 0.5) is 17.2 Å². The molecule has 9 nitrogen and oxygen atoms in total. The summed E-state index contributed by atoms with van der Waals surface area (Å²) in [6, 6.07) is 16.9. The molecule has 0 saturated carbocycles. The fraction of sp³-hybridized carbons (Fsp3) is 0.207. The van der Waals surface area contributed by atoms with E-state index >= 15 is 0 Å². The highest BCUT2D eigenvalue weighted by Crippen LogP contribution is 2.47. The third-order valence-electron chi connectivity index (χ3n) is 7.83. The van der Waals surface area contributed by atoms with Crippen LogP contribution in [0.3, 0.4) is 0 Å². The quantitative estimate of drug-likeness (QED) is 0.394. The molecule has 2 aliphatic heterocycles. The topological polar surface area (TPSA) is 120 Å². The molecule has 188 valence electrons. The maximum Gasteiger partial charge on any atom is 0.272 e. The van der Waals surface area contributed by atoms with Crippen LogP contribution in [0.15, 0.2) is 71.8 Å². The molecule has 4 aromatic rings. The first-order valence-corrected chi connectivity index (χ1v) is 12.6. The van der Waals surface area contributed by atoms with Gasteiger partial charge in [0.2, 0.25) is 11.5 Å². The van der Waals surface area contributed by atoms with Crippen molar-refractivity contribution in [2.75, 3.05) is 17.2 Å². The molecule has 3 N–H and O–H groups in total. The number of pyridine rings is 3. The Balaban J connectivity index is 1.10. The Morgan fingerprint density at radius 2 is 1.76 bits per heavy atom. The van der Waals surface area contributed by atoms with Crippen LogP contribution in [-0.2, 0) is 36.0 Å². The van der Waals surface area contributed by atoms with E-state index in [4.69, 9.17) is 0 Å². The number of fused-ring (bicyclic) bond motifs is 4. The standard InChI is InChI=1S/C29H24N6O3/c36-25-6-4-18-16-35(11-8-23(18)33-25)27(37)24-13-21(7-10-30-24)32-20-5-3-17-14-29(15-19(17)12-20)22-2-1-9-31-26(22)34-28(29)38/h1-7,9-10,12-13H,8,11,14-16H2,(H,30,32)(H,33,36)(H,31,34,38). The van der Waals surface area contributed by atoms with E-state index in [1.54, 1.807) is 29.4 Å². The summed E-state index contributed by atoms with van der Waals surface area (Å²) >= 11 is 0. The van der Waals surface area contributed by atoms with Crippen LogP contribution in [0.1, 0.15) is 38.4 Å². The fourth-order valence-electron chi connectivity index (χ4n) is 5.92. The molecule has 1 aliphatic carbocycles. The van der Waals surface area contributed by atoms with Crippen molar-refractivity contribution in [1.29, 1.82) is 0 Å². The van der Waals surface area contributed by atoms with E-state index in [9.17, 15) is 14.4 Å². The zero-order chi connectivity index (χ0) is 25.9. The Kier molecular flexibility index (Phi) is 4.94. The van der Waals surface area contributed by atoms with Gasteiger partial charge in [-0.3, -0.25) is 19.4 Å². The molecule has 1 aromatic carbocycles. The number of amides is 2. The van der Waals surface area contributed by atoms with Crippen molar-refractivity contribution in [1.82, 2.24) is 19.9 Å². The van der Waals surface area contributed by atoms with Crippen LogP contribution in [0.2, 0.25) is 0 Å². The number of carbonyl (C=O) groups excluding carboxylic acids is 2. The number of rotatable bonds is 3. The largest absolute Gasteiger partial charge is 0.355 e. The number of aromatic amines is 1. The lowest BCUT2D eigenvalue weighted by atomic mass is 9.79. The second-order valence-corrected chi connectivity index (χ2v) is 10.1. The number of benzene rings is 1. The average Bonchev–Trinajstić information content (AvgIpc) is 3.45. The summed E-state index contributed by atoms with van der Waals surface area (Å²) < 4.78 is 0. The molecule has 0 saturated heterocycles. The molecule has 0 fully saturated rings. The van der Waals surface area contributed by atoms with Crippen molar-refractivity contribution in [2.45, 2.75) is 31.2 Å². The predicted molar refractivity (Wildman–Crippen MR) is 141 cm³/mol. The molecular weight excluding hydrogens is 480 g/mol. The van der Waals surface area contributed by atoms with E-state index < -0.39 is 5.41 Å². The Bertz CT molecular complexity index is 1700. The summed E-state index contributed by atoms with van der Waals surface area (Å²) in [5.41, 5.74) is 6.32. The number of nitrogens with zero attached hydrogens (tertiary/aromatic N) is 3. The summed E-state index contributed by atoms with van der Waals surface area (Å²) in [6.45, 7) is 0.951. The highest BCUT2D eigenvalue weighted by molar-refractivity contribution is 6.06. The van der Waals surface area contributed by atoms with Gasteiger partial charge in [0.05, 0.1) is 5.41 Å². The number of H-pyrrole nitrogens is 1. The first kappa shape index (κ1) is 22.4. The maximum absolute atomic E-state index is 13.2. The van der Waals surface area contributed by atoms with Crippen LogP contribution in [0, 0.1) is 0 Å². The number of carbonyl (C=O) groups is 2. The number of anilines is 3. The Labute approximate surface area is 218 Å². The van der Waals surface area contributed by atoms with E-state index in [0.29, 0.717) is 43.9 Å². The number of hydrogen-bond acceptors (Lipinski definition) is 6. The molecular formula is C29H24N6O3. The molecule has 1 atom stereocenters. The summed E-state index contributed by atoms with van der Waals surface area (Å²) in [6.07, 6.45) is 5.19. The summed E-state index contributed by atoms with van der Waals surface area (Å²) in [7, 11) is 0. The second kappa shape index (κ2) is 8.37. The van der Waals surface area contributed by atoms with Crippen LogP contribution in [0.25, 0.3) is 0 Å². The van der Waals surface area contributed by atoms with Gasteiger partial charge < -0.3 is 20.5 Å². The molecule has 9 heteroatoms. The van der Waals surface area contributed by atoms with Gasteiger partial charge in [-0.2, -0.15) is 0 Å².